The summed E-state index contributed by atoms with van der Waals surface area (Å²) in [7, 11) is 3.50. The fourth-order valence-electron chi connectivity index (χ4n) is 7.80. The summed E-state index contributed by atoms with van der Waals surface area (Å²) in [5.74, 6) is 1.26. The Bertz CT molecular complexity index is 2490. The summed E-state index contributed by atoms with van der Waals surface area (Å²) >= 11 is 0. The van der Waals surface area contributed by atoms with Crippen LogP contribution in [0.15, 0.2) is 84.9 Å². The molecule has 300 valence electrons. The van der Waals surface area contributed by atoms with Crippen molar-refractivity contribution in [3.8, 4) is 22.5 Å². The minimum absolute atomic E-state index is 0.0292. The first-order chi connectivity index (χ1) is 28.1. The highest BCUT2D eigenvalue weighted by atomic mass is 16.8. The predicted octanol–water partition coefficient (Wildman–Crippen LogP) is 7.11. The van der Waals surface area contributed by atoms with Crippen molar-refractivity contribution in [3.63, 3.8) is 0 Å². The minimum atomic E-state index is -1.26. The van der Waals surface area contributed by atoms with Crippen LogP contribution in [-0.2, 0) is 48.4 Å². The van der Waals surface area contributed by atoms with Crippen LogP contribution in [0.4, 0.5) is 9.59 Å². The van der Waals surface area contributed by atoms with Gasteiger partial charge in [-0.2, -0.15) is 0 Å². The molecule has 2 saturated heterocycles. The van der Waals surface area contributed by atoms with Gasteiger partial charge in [0.1, 0.15) is 23.9 Å². The number of ether oxygens (including phenoxy) is 6. The Morgan fingerprint density at radius 2 is 1.57 bits per heavy atom. The van der Waals surface area contributed by atoms with Crippen LogP contribution < -0.4 is 5.32 Å². The van der Waals surface area contributed by atoms with Gasteiger partial charge in [0.2, 0.25) is 6.29 Å². The number of amides is 1. The number of carbonyl (C=O) groups is 3. The van der Waals surface area contributed by atoms with Crippen molar-refractivity contribution in [1.82, 2.24) is 24.4 Å². The van der Waals surface area contributed by atoms with Gasteiger partial charge >= 0.3 is 18.2 Å². The SMILES string of the molecule is CCCc1nc2c(C)cc(-c3nc4ccccc4n3C)cc2n1Cc1ccc(-c2ccccc2C(=O)OC(C)OC(=O)O[C@@H]2CO[C@@H]3[C@H]2OC[C@H]3OC(=O)NC)cc1. The number of carbonyl (C=O) groups excluding carboxylic acids is 3. The fourth-order valence-corrected chi connectivity index (χ4v) is 7.80. The third-order valence-electron chi connectivity index (χ3n) is 10.6. The number of benzene rings is 4. The maximum atomic E-state index is 13.4. The number of hydrogen-bond donors (Lipinski definition) is 1. The molecule has 0 bridgehead atoms. The molecule has 14 heteroatoms. The maximum Gasteiger partial charge on any atom is 0.511 e. The summed E-state index contributed by atoms with van der Waals surface area (Å²) in [5.41, 5.74) is 9.06. The lowest BCUT2D eigenvalue weighted by atomic mass is 9.98. The standard InChI is InChI=1S/C44H45N5O9/c1-6-11-37-47-38-25(2)20-29(41-46-32-14-9-10-15-33(32)48(41)5)21-34(38)49(37)22-27-16-18-28(19-17-27)30-12-7-8-13-31(30)42(50)55-26(3)56-44(52)58-36-24-54-39-35(23-53-40(36)39)57-43(51)45-4/h7-10,12-21,26,35-36,39-40H,6,11,22-24H2,1-5H3,(H,45,51)/t26?,35-,36-,39+,40+/m1/s1. The Balaban J connectivity index is 0.949. The van der Waals surface area contributed by atoms with Crippen molar-refractivity contribution in [1.29, 1.82) is 0 Å². The number of imidazole rings is 2. The first kappa shape index (κ1) is 38.6. The van der Waals surface area contributed by atoms with Gasteiger partial charge in [-0.25, -0.2) is 24.4 Å². The Morgan fingerprint density at radius 1 is 0.862 bits per heavy atom. The number of aryl methyl sites for hydroxylation is 3. The average Bonchev–Trinajstić information content (AvgIpc) is 3.99. The second-order valence-electron chi connectivity index (χ2n) is 14.5. The van der Waals surface area contributed by atoms with Crippen LogP contribution in [0.3, 0.4) is 0 Å². The molecule has 0 radical (unpaired) electrons. The van der Waals surface area contributed by atoms with Crippen LogP contribution >= 0.6 is 0 Å². The van der Waals surface area contributed by atoms with Crippen molar-refractivity contribution in [2.75, 3.05) is 20.3 Å². The molecular weight excluding hydrogens is 743 g/mol. The summed E-state index contributed by atoms with van der Waals surface area (Å²) in [6, 6.07) is 27.7. The third kappa shape index (κ3) is 7.60. The van der Waals surface area contributed by atoms with Gasteiger partial charge in [0.05, 0.1) is 40.8 Å². The van der Waals surface area contributed by atoms with Crippen molar-refractivity contribution in [2.45, 2.75) is 70.9 Å². The van der Waals surface area contributed by atoms with Gasteiger partial charge in [-0.3, -0.25) is 0 Å². The molecule has 4 heterocycles. The Hall–Kier alpha value is -6.25. The molecule has 2 aliphatic rings. The molecule has 0 aliphatic carbocycles. The van der Waals surface area contributed by atoms with Crippen molar-refractivity contribution >= 4 is 40.3 Å². The molecule has 1 N–H and O–H groups in total. The molecule has 5 atom stereocenters. The molecule has 2 fully saturated rings. The van der Waals surface area contributed by atoms with Crippen LogP contribution in [0.1, 0.15) is 47.6 Å². The molecule has 2 aliphatic heterocycles. The van der Waals surface area contributed by atoms with E-state index in [4.69, 9.17) is 38.4 Å². The Labute approximate surface area is 335 Å². The third-order valence-corrected chi connectivity index (χ3v) is 10.6. The molecule has 1 unspecified atom stereocenters. The monoisotopic (exact) mass is 787 g/mol. The number of nitrogens with zero attached hydrogens (tertiary/aromatic N) is 4. The summed E-state index contributed by atoms with van der Waals surface area (Å²) in [6.07, 6.45) is -3.78. The maximum absolute atomic E-state index is 13.4. The van der Waals surface area contributed by atoms with E-state index in [0.717, 1.165) is 68.8 Å². The largest absolute Gasteiger partial charge is 0.511 e. The van der Waals surface area contributed by atoms with Gasteiger partial charge in [0, 0.05) is 39.5 Å². The second-order valence-corrected chi connectivity index (χ2v) is 14.5. The van der Waals surface area contributed by atoms with E-state index in [1.165, 1.54) is 14.0 Å². The molecular formula is C44H45N5O9. The number of hydrogen-bond acceptors (Lipinski definition) is 11. The van der Waals surface area contributed by atoms with Gasteiger partial charge in [-0.15, -0.1) is 0 Å². The topological polar surface area (TPSA) is 154 Å². The zero-order chi connectivity index (χ0) is 40.5. The lowest BCUT2D eigenvalue weighted by molar-refractivity contribution is -0.0987. The highest BCUT2D eigenvalue weighted by molar-refractivity contribution is 5.97. The van der Waals surface area contributed by atoms with Gasteiger partial charge in [-0.05, 0) is 65.9 Å². The number of para-hydroxylation sites is 2. The van der Waals surface area contributed by atoms with Crippen molar-refractivity contribution < 1.29 is 42.8 Å². The molecule has 0 saturated carbocycles. The quantitative estimate of drug-likeness (QED) is 0.0812. The Morgan fingerprint density at radius 3 is 2.29 bits per heavy atom. The van der Waals surface area contributed by atoms with Gasteiger partial charge in [0.15, 0.2) is 12.2 Å². The molecule has 6 aromatic rings. The lowest BCUT2D eigenvalue weighted by Gasteiger charge is -2.19. The number of esters is 1. The average molecular weight is 788 g/mol. The molecule has 58 heavy (non-hydrogen) atoms. The molecule has 2 aromatic heterocycles. The number of aromatic nitrogens is 4. The normalized spacial score (nSPS) is 19.2. The summed E-state index contributed by atoms with van der Waals surface area (Å²) in [6.45, 7) is 6.43. The van der Waals surface area contributed by atoms with E-state index in [-0.39, 0.29) is 13.2 Å². The fraction of sp³-hybridized carbons (Fsp3) is 0.341. The first-order valence-electron chi connectivity index (χ1n) is 19.4. The van der Waals surface area contributed by atoms with E-state index in [1.54, 1.807) is 12.1 Å². The summed E-state index contributed by atoms with van der Waals surface area (Å²) in [5, 5.41) is 2.38. The molecule has 1 amide bonds. The molecule has 0 spiro atoms. The van der Waals surface area contributed by atoms with E-state index in [1.807, 2.05) is 49.5 Å². The molecule has 4 aromatic carbocycles. The summed E-state index contributed by atoms with van der Waals surface area (Å²) in [4.78, 5) is 47.8. The zero-order valence-corrected chi connectivity index (χ0v) is 33.0. The van der Waals surface area contributed by atoms with E-state index < -0.39 is 48.9 Å². The van der Waals surface area contributed by atoms with E-state index >= 15 is 0 Å². The smallest absolute Gasteiger partial charge is 0.441 e. The van der Waals surface area contributed by atoms with Gasteiger partial charge < -0.3 is 42.9 Å². The predicted molar refractivity (Wildman–Crippen MR) is 214 cm³/mol. The minimum Gasteiger partial charge on any atom is -0.441 e. The Kier molecular flexibility index (Phi) is 10.9. The van der Waals surface area contributed by atoms with Gasteiger partial charge in [-0.1, -0.05) is 61.5 Å². The lowest BCUT2D eigenvalue weighted by Crippen LogP contribution is -2.37. The highest BCUT2D eigenvalue weighted by Gasteiger charge is 2.51. The van der Waals surface area contributed by atoms with Crippen LogP contribution in [0.2, 0.25) is 0 Å². The first-order valence-corrected chi connectivity index (χ1v) is 19.4. The van der Waals surface area contributed by atoms with E-state index in [9.17, 15) is 14.4 Å². The zero-order valence-electron chi connectivity index (χ0n) is 33.0. The van der Waals surface area contributed by atoms with Gasteiger partial charge in [0.25, 0.3) is 0 Å². The van der Waals surface area contributed by atoms with Crippen LogP contribution in [0.25, 0.3) is 44.6 Å². The highest BCUT2D eigenvalue weighted by Crippen LogP contribution is 2.33. The molecule has 14 nitrogen and oxygen atoms in total. The molecule has 8 rings (SSSR count). The van der Waals surface area contributed by atoms with Crippen LogP contribution in [0, 0.1) is 6.92 Å². The van der Waals surface area contributed by atoms with E-state index in [2.05, 4.69) is 58.6 Å². The van der Waals surface area contributed by atoms with Crippen LogP contribution in [0.5, 0.6) is 0 Å². The number of rotatable bonds is 11. The van der Waals surface area contributed by atoms with Crippen molar-refractivity contribution in [3.05, 3.63) is 107 Å². The summed E-state index contributed by atoms with van der Waals surface area (Å²) < 4.78 is 37.3. The van der Waals surface area contributed by atoms with Crippen LogP contribution in [-0.4, -0.2) is 88.3 Å². The van der Waals surface area contributed by atoms with Crippen molar-refractivity contribution in [2.24, 2.45) is 7.05 Å². The number of fused-ring (bicyclic) bond motifs is 3. The second kappa shape index (κ2) is 16.3. The van der Waals surface area contributed by atoms with E-state index in [0.29, 0.717) is 17.7 Å². The number of alkyl carbamates (subject to hydrolysis) is 1. The number of nitrogens with one attached hydrogen (secondary N) is 1.